The van der Waals surface area contributed by atoms with Crippen LogP contribution in [-0.2, 0) is 11.3 Å². The number of anilines is 1. The number of carbonyl (C=O) groups excluding carboxylic acids is 2. The third-order valence-electron chi connectivity index (χ3n) is 3.00. The van der Waals surface area contributed by atoms with E-state index in [1.807, 2.05) is 13.0 Å². The molecule has 3 N–H and O–H groups in total. The van der Waals surface area contributed by atoms with E-state index in [2.05, 4.69) is 21.2 Å². The lowest BCUT2D eigenvalue weighted by Crippen LogP contribution is -2.31. The van der Waals surface area contributed by atoms with Gasteiger partial charge in [0.2, 0.25) is 0 Å². The van der Waals surface area contributed by atoms with Gasteiger partial charge in [-0.3, -0.25) is 9.69 Å². The van der Waals surface area contributed by atoms with Crippen LogP contribution in [0, 0.1) is 0 Å². The first-order valence-corrected chi connectivity index (χ1v) is 6.97. The Morgan fingerprint density at radius 3 is 2.74 bits per heavy atom. The van der Waals surface area contributed by atoms with Gasteiger partial charge in [0.15, 0.2) is 0 Å². The number of nitrogens with zero attached hydrogens (tertiary/aromatic N) is 1. The molecule has 1 aromatic rings. The highest BCUT2D eigenvalue weighted by Gasteiger charge is 2.37. The number of nitrogens with two attached hydrogens (primary N) is 1. The Kier molecular flexibility index (Phi) is 4.09. The van der Waals surface area contributed by atoms with Gasteiger partial charge in [-0.25, -0.2) is 4.79 Å². The molecule has 0 aliphatic carbocycles. The van der Waals surface area contributed by atoms with E-state index in [1.54, 1.807) is 12.1 Å². The fraction of sp³-hybridized carbons (Fsp3) is 0.385. The number of hydrogen-bond donors (Lipinski definition) is 2. The lowest BCUT2D eigenvalue weighted by Gasteiger charge is -2.13. The van der Waals surface area contributed by atoms with Crippen LogP contribution in [0.3, 0.4) is 0 Å². The zero-order chi connectivity index (χ0) is 14.0. The highest BCUT2D eigenvalue weighted by molar-refractivity contribution is 9.10. The second-order valence-electron chi connectivity index (χ2n) is 4.61. The van der Waals surface area contributed by atoms with Crippen LogP contribution in [0.2, 0.25) is 0 Å². The summed E-state index contributed by atoms with van der Waals surface area (Å²) < 4.78 is 0.833. The average Bonchev–Trinajstić information content (AvgIpc) is 2.56. The molecule has 2 rings (SSSR count). The van der Waals surface area contributed by atoms with Crippen LogP contribution < -0.4 is 11.1 Å². The first kappa shape index (κ1) is 13.9. The van der Waals surface area contributed by atoms with E-state index < -0.39 is 0 Å². The molecule has 1 unspecified atom stereocenters. The molecule has 0 aromatic heterocycles. The summed E-state index contributed by atoms with van der Waals surface area (Å²) in [6, 6.07) is 4.67. The Bertz CT molecular complexity index is 498. The van der Waals surface area contributed by atoms with Crippen LogP contribution in [0.15, 0.2) is 22.7 Å². The number of imide groups is 1. The molecule has 1 aliphatic rings. The number of rotatable bonds is 4. The zero-order valence-corrected chi connectivity index (χ0v) is 12.2. The van der Waals surface area contributed by atoms with Crippen molar-refractivity contribution >= 4 is 33.6 Å². The molecule has 1 heterocycles. The van der Waals surface area contributed by atoms with Gasteiger partial charge in [-0.05, 0) is 30.2 Å². The van der Waals surface area contributed by atoms with Gasteiger partial charge in [-0.2, -0.15) is 0 Å². The Morgan fingerprint density at radius 2 is 2.11 bits per heavy atom. The SMILES string of the molecule is CCCC1NC(=O)N(Cc2cc(N)cc(Br)c2)C1=O. The van der Waals surface area contributed by atoms with Crippen molar-refractivity contribution < 1.29 is 9.59 Å². The summed E-state index contributed by atoms with van der Waals surface area (Å²) in [5, 5.41) is 2.70. The summed E-state index contributed by atoms with van der Waals surface area (Å²) in [5.41, 5.74) is 7.17. The average molecular weight is 326 g/mol. The molecule has 1 fully saturated rings. The Labute approximate surface area is 120 Å². The van der Waals surface area contributed by atoms with E-state index in [9.17, 15) is 9.59 Å². The van der Waals surface area contributed by atoms with Gasteiger partial charge in [0.05, 0.1) is 6.54 Å². The second kappa shape index (κ2) is 5.61. The van der Waals surface area contributed by atoms with Crippen LogP contribution >= 0.6 is 15.9 Å². The summed E-state index contributed by atoms with van der Waals surface area (Å²) in [6.45, 7) is 2.23. The summed E-state index contributed by atoms with van der Waals surface area (Å²) in [4.78, 5) is 25.1. The maximum atomic E-state index is 12.1. The highest BCUT2D eigenvalue weighted by Crippen LogP contribution is 2.20. The number of nitrogen functional groups attached to an aromatic ring is 1. The molecular formula is C13H16BrN3O2. The minimum atomic E-state index is -0.387. The van der Waals surface area contributed by atoms with E-state index in [4.69, 9.17) is 5.73 Å². The fourth-order valence-electron chi connectivity index (χ4n) is 2.16. The van der Waals surface area contributed by atoms with Gasteiger partial charge >= 0.3 is 6.03 Å². The molecule has 19 heavy (non-hydrogen) atoms. The number of hydrogen-bond acceptors (Lipinski definition) is 3. The normalized spacial score (nSPS) is 18.8. The topological polar surface area (TPSA) is 75.4 Å². The molecule has 0 saturated carbocycles. The summed E-state index contributed by atoms with van der Waals surface area (Å²) in [7, 11) is 0. The number of carbonyl (C=O) groups is 2. The van der Waals surface area contributed by atoms with Crippen molar-refractivity contribution in [3.05, 3.63) is 28.2 Å². The Morgan fingerprint density at radius 1 is 1.37 bits per heavy atom. The molecule has 1 atom stereocenters. The molecule has 5 nitrogen and oxygen atoms in total. The van der Waals surface area contributed by atoms with E-state index in [1.165, 1.54) is 4.90 Å². The molecule has 0 radical (unpaired) electrons. The zero-order valence-electron chi connectivity index (χ0n) is 10.6. The van der Waals surface area contributed by atoms with Crippen molar-refractivity contribution in [1.82, 2.24) is 10.2 Å². The molecule has 1 aromatic carbocycles. The van der Waals surface area contributed by atoms with Gasteiger partial charge in [-0.15, -0.1) is 0 Å². The van der Waals surface area contributed by atoms with Gasteiger partial charge in [0.1, 0.15) is 6.04 Å². The Hall–Kier alpha value is -1.56. The minimum absolute atomic E-state index is 0.162. The molecule has 1 saturated heterocycles. The summed E-state index contributed by atoms with van der Waals surface area (Å²) in [6.07, 6.45) is 1.52. The Balaban J connectivity index is 2.14. The number of amides is 3. The quantitative estimate of drug-likeness (QED) is 0.658. The molecule has 1 aliphatic heterocycles. The van der Waals surface area contributed by atoms with Gasteiger partial charge in [0.25, 0.3) is 5.91 Å². The van der Waals surface area contributed by atoms with Crippen LogP contribution in [0.25, 0.3) is 0 Å². The molecule has 102 valence electrons. The van der Waals surface area contributed by atoms with Crippen LogP contribution in [-0.4, -0.2) is 22.9 Å². The smallest absolute Gasteiger partial charge is 0.325 e. The molecule has 0 spiro atoms. The third-order valence-corrected chi connectivity index (χ3v) is 3.46. The van der Waals surface area contributed by atoms with Crippen LogP contribution in [0.1, 0.15) is 25.3 Å². The largest absolute Gasteiger partial charge is 0.399 e. The van der Waals surface area contributed by atoms with Crippen molar-refractivity contribution in [2.45, 2.75) is 32.4 Å². The van der Waals surface area contributed by atoms with Crippen LogP contribution in [0.4, 0.5) is 10.5 Å². The lowest BCUT2D eigenvalue weighted by atomic mass is 10.1. The van der Waals surface area contributed by atoms with Crippen molar-refractivity contribution in [3.63, 3.8) is 0 Å². The highest BCUT2D eigenvalue weighted by atomic mass is 79.9. The van der Waals surface area contributed by atoms with Crippen molar-refractivity contribution in [2.24, 2.45) is 0 Å². The molecule has 3 amide bonds. The predicted octanol–water partition coefficient (Wildman–Crippen LogP) is 2.25. The van der Waals surface area contributed by atoms with Crippen LogP contribution in [0.5, 0.6) is 0 Å². The third kappa shape index (κ3) is 3.07. The van der Waals surface area contributed by atoms with Gasteiger partial charge in [-0.1, -0.05) is 29.3 Å². The van der Waals surface area contributed by atoms with E-state index in [0.717, 1.165) is 16.5 Å². The molecular weight excluding hydrogens is 310 g/mol. The van der Waals surface area contributed by atoms with E-state index in [0.29, 0.717) is 12.1 Å². The summed E-state index contributed by atoms with van der Waals surface area (Å²) >= 11 is 3.35. The fourth-order valence-corrected chi connectivity index (χ4v) is 2.72. The molecule has 0 bridgehead atoms. The van der Waals surface area contributed by atoms with E-state index in [-0.39, 0.29) is 24.5 Å². The van der Waals surface area contributed by atoms with Gasteiger partial charge < -0.3 is 11.1 Å². The second-order valence-corrected chi connectivity index (χ2v) is 5.52. The maximum Gasteiger partial charge on any atom is 0.325 e. The standard InChI is InChI=1S/C13H16BrN3O2/c1-2-3-11-12(18)17(13(19)16-11)7-8-4-9(14)6-10(15)5-8/h4-6,11H,2-3,7,15H2,1H3,(H,16,19). The van der Waals surface area contributed by atoms with Gasteiger partial charge in [0, 0.05) is 10.2 Å². The number of nitrogens with one attached hydrogen (secondary N) is 1. The number of urea groups is 1. The lowest BCUT2D eigenvalue weighted by molar-refractivity contribution is -0.128. The predicted molar refractivity (Wildman–Crippen MR) is 76.3 cm³/mol. The van der Waals surface area contributed by atoms with E-state index >= 15 is 0 Å². The monoisotopic (exact) mass is 325 g/mol. The van der Waals surface area contributed by atoms with Crippen molar-refractivity contribution in [2.75, 3.05) is 5.73 Å². The maximum absolute atomic E-state index is 12.1. The van der Waals surface area contributed by atoms with Crippen molar-refractivity contribution in [3.8, 4) is 0 Å². The first-order valence-electron chi connectivity index (χ1n) is 6.18. The van der Waals surface area contributed by atoms with Crippen molar-refractivity contribution in [1.29, 1.82) is 0 Å². The number of halogens is 1. The minimum Gasteiger partial charge on any atom is -0.399 e. The summed E-state index contributed by atoms with van der Waals surface area (Å²) in [5.74, 6) is -0.162. The first-order chi connectivity index (χ1) is 9.01. The molecule has 6 heteroatoms. The number of benzene rings is 1.